The van der Waals surface area contributed by atoms with Crippen LogP contribution in [0.2, 0.25) is 10.1 Å². The largest absolute Gasteiger partial charge is 0.411 e. The smallest absolute Gasteiger partial charge is 0.223 e. The Labute approximate surface area is 127 Å². The molecule has 1 aromatic rings. The standard InChI is InChI=1S/C15H24IOSi/c1-14(2,3)18(15(4,5)6)17-11-12-9-7-8-10-13(12)16/h7-10H,11H2,1-6H3. The lowest BCUT2D eigenvalue weighted by atomic mass is 10.2. The van der Waals surface area contributed by atoms with Crippen molar-refractivity contribution in [3.63, 3.8) is 0 Å². The van der Waals surface area contributed by atoms with Gasteiger partial charge in [-0.1, -0.05) is 59.7 Å². The summed E-state index contributed by atoms with van der Waals surface area (Å²) >= 11 is 2.38. The number of hydrogen-bond donors (Lipinski definition) is 0. The third-order valence-corrected chi connectivity index (χ3v) is 6.90. The first-order valence-corrected chi connectivity index (χ1v) is 8.85. The van der Waals surface area contributed by atoms with Gasteiger partial charge in [0.05, 0.1) is 6.61 Å². The second-order valence-corrected chi connectivity index (χ2v) is 11.8. The first-order chi connectivity index (χ1) is 8.12. The van der Waals surface area contributed by atoms with Gasteiger partial charge >= 0.3 is 0 Å². The Balaban J connectivity index is 2.79. The third kappa shape index (κ3) is 4.66. The maximum Gasteiger partial charge on any atom is 0.223 e. The van der Waals surface area contributed by atoms with Crippen LogP contribution in [-0.2, 0) is 11.0 Å². The molecule has 1 radical (unpaired) electrons. The highest BCUT2D eigenvalue weighted by atomic mass is 127. The monoisotopic (exact) mass is 375 g/mol. The van der Waals surface area contributed by atoms with Gasteiger partial charge in [0.25, 0.3) is 0 Å². The molecule has 0 saturated carbocycles. The molecule has 101 valence electrons. The fourth-order valence-corrected chi connectivity index (χ4v) is 6.28. The topological polar surface area (TPSA) is 9.23 Å². The minimum absolute atomic E-state index is 0.253. The van der Waals surface area contributed by atoms with Crippen molar-refractivity contribution in [1.29, 1.82) is 0 Å². The van der Waals surface area contributed by atoms with Gasteiger partial charge in [0, 0.05) is 3.57 Å². The van der Waals surface area contributed by atoms with Gasteiger partial charge in [0.1, 0.15) is 0 Å². The van der Waals surface area contributed by atoms with E-state index in [1.165, 1.54) is 9.13 Å². The van der Waals surface area contributed by atoms with Crippen molar-refractivity contribution in [2.45, 2.75) is 58.2 Å². The lowest BCUT2D eigenvalue weighted by Gasteiger charge is -2.37. The molecule has 0 aliphatic rings. The molecule has 0 aliphatic carbocycles. The maximum atomic E-state index is 6.33. The van der Waals surface area contributed by atoms with Crippen molar-refractivity contribution in [2.24, 2.45) is 0 Å². The summed E-state index contributed by atoms with van der Waals surface area (Å²) in [6.07, 6.45) is 0. The summed E-state index contributed by atoms with van der Waals surface area (Å²) in [5.74, 6) is 0. The highest BCUT2D eigenvalue weighted by molar-refractivity contribution is 14.1. The zero-order valence-corrected chi connectivity index (χ0v) is 15.5. The van der Waals surface area contributed by atoms with Gasteiger partial charge in [-0.15, -0.1) is 0 Å². The van der Waals surface area contributed by atoms with Gasteiger partial charge in [-0.25, -0.2) is 0 Å². The highest BCUT2D eigenvalue weighted by Gasteiger charge is 2.39. The Hall–Kier alpha value is 0.127. The van der Waals surface area contributed by atoms with Gasteiger partial charge in [0.15, 0.2) is 0 Å². The van der Waals surface area contributed by atoms with Crippen molar-refractivity contribution >= 4 is 31.6 Å². The second-order valence-electron chi connectivity index (χ2n) is 6.71. The van der Waals surface area contributed by atoms with Gasteiger partial charge in [-0.2, -0.15) is 0 Å². The molecule has 0 atom stereocenters. The van der Waals surface area contributed by atoms with Gasteiger partial charge in [-0.05, 0) is 44.3 Å². The van der Waals surface area contributed by atoms with Crippen molar-refractivity contribution < 1.29 is 4.43 Å². The van der Waals surface area contributed by atoms with Gasteiger partial charge in [-0.3, -0.25) is 0 Å². The molecular formula is C15H24IOSi. The molecule has 0 aromatic heterocycles. The highest BCUT2D eigenvalue weighted by Crippen LogP contribution is 2.42. The molecule has 1 nitrogen and oxygen atoms in total. The molecule has 0 fully saturated rings. The van der Waals surface area contributed by atoms with E-state index >= 15 is 0 Å². The minimum atomic E-state index is -0.893. The van der Waals surface area contributed by atoms with E-state index in [1.54, 1.807) is 0 Å². The Kier molecular flexibility index (Phi) is 5.44. The van der Waals surface area contributed by atoms with Crippen molar-refractivity contribution in [2.75, 3.05) is 0 Å². The van der Waals surface area contributed by atoms with Gasteiger partial charge < -0.3 is 4.43 Å². The fourth-order valence-electron chi connectivity index (χ4n) is 2.32. The van der Waals surface area contributed by atoms with Crippen LogP contribution in [-0.4, -0.2) is 9.04 Å². The van der Waals surface area contributed by atoms with E-state index in [4.69, 9.17) is 4.43 Å². The molecule has 1 aromatic carbocycles. The Bertz CT molecular complexity index is 376. The Morgan fingerprint density at radius 2 is 1.50 bits per heavy atom. The SMILES string of the molecule is CC(C)(C)[Si](OCc1ccccc1I)C(C)(C)C. The van der Waals surface area contributed by atoms with Crippen molar-refractivity contribution in [1.82, 2.24) is 0 Å². The average molecular weight is 375 g/mol. The number of halogens is 1. The van der Waals surface area contributed by atoms with E-state index in [0.717, 1.165) is 6.61 Å². The summed E-state index contributed by atoms with van der Waals surface area (Å²) in [5.41, 5.74) is 1.30. The van der Waals surface area contributed by atoms with Crippen molar-refractivity contribution in [3.05, 3.63) is 33.4 Å². The van der Waals surface area contributed by atoms with Crippen LogP contribution in [0.5, 0.6) is 0 Å². The van der Waals surface area contributed by atoms with E-state index in [9.17, 15) is 0 Å². The zero-order valence-electron chi connectivity index (χ0n) is 12.3. The fraction of sp³-hybridized carbons (Fsp3) is 0.600. The van der Waals surface area contributed by atoms with Crippen LogP contribution < -0.4 is 0 Å². The average Bonchev–Trinajstić information content (AvgIpc) is 2.17. The van der Waals surface area contributed by atoms with Crippen LogP contribution >= 0.6 is 22.6 Å². The minimum Gasteiger partial charge on any atom is -0.411 e. The lowest BCUT2D eigenvalue weighted by molar-refractivity contribution is 0.270. The summed E-state index contributed by atoms with van der Waals surface area (Å²) in [6, 6.07) is 8.46. The van der Waals surface area contributed by atoms with E-state index in [-0.39, 0.29) is 10.1 Å². The predicted octanol–water partition coefficient (Wildman–Crippen LogP) is 5.40. The summed E-state index contributed by atoms with van der Waals surface area (Å²) in [7, 11) is -0.893. The summed E-state index contributed by atoms with van der Waals surface area (Å²) < 4.78 is 7.63. The molecule has 0 N–H and O–H groups in total. The molecule has 1 rings (SSSR count). The second kappa shape index (κ2) is 6.05. The quantitative estimate of drug-likeness (QED) is 0.508. The Morgan fingerprint density at radius 1 is 1.00 bits per heavy atom. The van der Waals surface area contributed by atoms with Gasteiger partial charge in [0.2, 0.25) is 9.04 Å². The molecule has 0 bridgehead atoms. The van der Waals surface area contributed by atoms with E-state index in [1.807, 2.05) is 0 Å². The van der Waals surface area contributed by atoms with Crippen molar-refractivity contribution in [3.8, 4) is 0 Å². The van der Waals surface area contributed by atoms with Crippen LogP contribution in [0.1, 0.15) is 47.1 Å². The molecule has 0 spiro atoms. The summed E-state index contributed by atoms with van der Waals surface area (Å²) in [4.78, 5) is 0. The number of benzene rings is 1. The summed E-state index contributed by atoms with van der Waals surface area (Å²) in [5, 5.41) is 0.506. The number of rotatable bonds is 3. The van der Waals surface area contributed by atoms with Crippen LogP contribution in [0.3, 0.4) is 0 Å². The molecule has 0 aliphatic heterocycles. The van der Waals surface area contributed by atoms with Crippen LogP contribution in [0.4, 0.5) is 0 Å². The van der Waals surface area contributed by atoms with E-state index in [0.29, 0.717) is 0 Å². The molecule has 18 heavy (non-hydrogen) atoms. The number of hydrogen-bond acceptors (Lipinski definition) is 1. The molecule has 0 saturated heterocycles. The van der Waals surface area contributed by atoms with Crippen LogP contribution in [0.15, 0.2) is 24.3 Å². The van der Waals surface area contributed by atoms with E-state index in [2.05, 4.69) is 88.4 Å². The molecular weight excluding hydrogens is 351 g/mol. The zero-order chi connectivity index (χ0) is 14.0. The maximum absolute atomic E-state index is 6.33. The third-order valence-electron chi connectivity index (χ3n) is 2.69. The molecule has 0 heterocycles. The normalized spacial score (nSPS) is 13.1. The molecule has 0 unspecified atom stereocenters. The van der Waals surface area contributed by atoms with Crippen LogP contribution in [0.25, 0.3) is 0 Å². The molecule has 0 amide bonds. The predicted molar refractivity (Wildman–Crippen MR) is 89.1 cm³/mol. The first kappa shape index (κ1) is 16.2. The first-order valence-electron chi connectivity index (χ1n) is 6.36. The van der Waals surface area contributed by atoms with Crippen LogP contribution in [0, 0.1) is 3.57 Å². The van der Waals surface area contributed by atoms with E-state index < -0.39 is 9.04 Å². The Morgan fingerprint density at radius 3 is 1.94 bits per heavy atom. The lowest BCUT2D eigenvalue weighted by Crippen LogP contribution is -2.38. The summed E-state index contributed by atoms with van der Waals surface area (Å²) in [6.45, 7) is 14.5. The molecule has 3 heteroatoms.